The molecule has 2 saturated heterocycles. The lowest BCUT2D eigenvalue weighted by molar-refractivity contribution is -0.219. The molecule has 164 valence electrons. The predicted octanol–water partition coefficient (Wildman–Crippen LogP) is 3.10. The second-order valence-electron chi connectivity index (χ2n) is 9.47. The number of carbonyl (C=O) groups is 2. The quantitative estimate of drug-likeness (QED) is 0.544. The van der Waals surface area contributed by atoms with Crippen molar-refractivity contribution in [3.63, 3.8) is 0 Å². The lowest BCUT2D eigenvalue weighted by atomic mass is 9.39. The molecule has 1 saturated carbocycles. The summed E-state index contributed by atoms with van der Waals surface area (Å²) >= 11 is 0. The van der Waals surface area contributed by atoms with Crippen molar-refractivity contribution in [3.8, 4) is 5.75 Å². The Bertz CT molecular complexity index is 864. The Morgan fingerprint density at radius 3 is 2.30 bits per heavy atom. The first-order valence-corrected chi connectivity index (χ1v) is 10.9. The van der Waals surface area contributed by atoms with E-state index < -0.39 is 17.4 Å². The van der Waals surface area contributed by atoms with Crippen molar-refractivity contribution in [2.45, 2.75) is 64.5 Å². The Morgan fingerprint density at radius 1 is 1.10 bits per heavy atom. The number of fused-ring (bicyclic) bond motifs is 2. The van der Waals surface area contributed by atoms with E-state index in [0.29, 0.717) is 12.8 Å². The number of esters is 2. The maximum atomic E-state index is 13.3. The summed E-state index contributed by atoms with van der Waals surface area (Å²) in [5.41, 5.74) is 0.836. The van der Waals surface area contributed by atoms with Crippen molar-refractivity contribution in [1.82, 2.24) is 4.90 Å². The largest absolute Gasteiger partial charge is 0.497 e. The second kappa shape index (κ2) is 6.98. The fourth-order valence-corrected chi connectivity index (χ4v) is 6.72. The molecule has 6 nitrogen and oxygen atoms in total. The molecule has 3 fully saturated rings. The molecule has 1 aromatic carbocycles. The lowest BCUT2D eigenvalue weighted by Gasteiger charge is -2.71. The molecule has 0 radical (unpaired) electrons. The highest BCUT2D eigenvalue weighted by Gasteiger charge is 2.74. The van der Waals surface area contributed by atoms with Crippen molar-refractivity contribution < 1.29 is 23.8 Å². The number of carbonyl (C=O) groups excluding carboxylic acids is 2. The Kier molecular flexibility index (Phi) is 4.92. The zero-order valence-electron chi connectivity index (χ0n) is 18.9. The normalized spacial score (nSPS) is 33.5. The van der Waals surface area contributed by atoms with E-state index in [1.54, 1.807) is 21.0 Å². The molecule has 2 heterocycles. The highest BCUT2D eigenvalue weighted by Crippen LogP contribution is 2.68. The number of likely N-dealkylation sites (N-methyl/N-ethyl adjacent to an activating group) is 1. The number of piperidine rings is 2. The van der Waals surface area contributed by atoms with Crippen LogP contribution in [-0.2, 0) is 30.9 Å². The van der Waals surface area contributed by atoms with Crippen LogP contribution in [0.15, 0.2) is 18.2 Å². The van der Waals surface area contributed by atoms with Crippen molar-refractivity contribution in [2.24, 2.45) is 10.8 Å². The van der Waals surface area contributed by atoms with Gasteiger partial charge in [-0.1, -0.05) is 19.9 Å². The first-order valence-electron chi connectivity index (χ1n) is 10.9. The van der Waals surface area contributed by atoms with Gasteiger partial charge in [-0.25, -0.2) is 0 Å². The predicted molar refractivity (Wildman–Crippen MR) is 112 cm³/mol. The van der Waals surface area contributed by atoms with Crippen LogP contribution in [0.2, 0.25) is 0 Å². The van der Waals surface area contributed by atoms with Gasteiger partial charge in [0, 0.05) is 17.5 Å². The fraction of sp³-hybridized carbons (Fsp3) is 0.667. The first kappa shape index (κ1) is 21.2. The Balaban J connectivity index is 1.88. The van der Waals surface area contributed by atoms with Gasteiger partial charge in [-0.2, -0.15) is 0 Å². The van der Waals surface area contributed by atoms with Crippen LogP contribution in [0, 0.1) is 10.8 Å². The molecule has 0 N–H and O–H groups in total. The average Bonchev–Trinajstić information content (AvgIpc) is 2.71. The standard InChI is InChI=1S/C24H33NO5/c1-7-29-20(26)24(21(27)30-8-2)14-23(4)18-11-15-9-10-16(28-6)12-17(15)22(23,3)13-19(24)25(18)5/h9-10,12,18-19H,7-8,11,13-14H2,1-6H3/t18?,19?,22-,23+/m0/s1. The van der Waals surface area contributed by atoms with E-state index in [1.807, 2.05) is 13.1 Å². The minimum absolute atomic E-state index is 0.181. The van der Waals surface area contributed by atoms with E-state index in [1.165, 1.54) is 11.1 Å². The van der Waals surface area contributed by atoms with Gasteiger partial charge in [-0.3, -0.25) is 14.5 Å². The van der Waals surface area contributed by atoms with Gasteiger partial charge in [0.2, 0.25) is 0 Å². The molecule has 4 aliphatic rings. The minimum Gasteiger partial charge on any atom is -0.497 e. The summed E-state index contributed by atoms with van der Waals surface area (Å²) in [5.74, 6) is -0.0502. The van der Waals surface area contributed by atoms with Gasteiger partial charge in [0.15, 0.2) is 5.41 Å². The molecule has 2 unspecified atom stereocenters. The van der Waals surface area contributed by atoms with Crippen molar-refractivity contribution in [2.75, 3.05) is 27.4 Å². The lowest BCUT2D eigenvalue weighted by Crippen LogP contribution is -2.78. The maximum absolute atomic E-state index is 13.3. The molecule has 0 aromatic heterocycles. The molecule has 1 aromatic rings. The Labute approximate surface area is 178 Å². The van der Waals surface area contributed by atoms with Crippen LogP contribution in [0.3, 0.4) is 0 Å². The van der Waals surface area contributed by atoms with E-state index in [2.05, 4.69) is 30.9 Å². The molecule has 2 aliphatic carbocycles. The second-order valence-corrected chi connectivity index (χ2v) is 9.47. The third-order valence-electron chi connectivity index (χ3n) is 8.40. The monoisotopic (exact) mass is 415 g/mol. The van der Waals surface area contributed by atoms with Gasteiger partial charge in [0.05, 0.1) is 20.3 Å². The molecular weight excluding hydrogens is 382 g/mol. The van der Waals surface area contributed by atoms with Gasteiger partial charge < -0.3 is 14.2 Å². The van der Waals surface area contributed by atoms with Crippen LogP contribution in [0.5, 0.6) is 5.75 Å². The number of hydrogen-bond donors (Lipinski definition) is 0. The molecular formula is C24H33NO5. The van der Waals surface area contributed by atoms with Gasteiger partial charge >= 0.3 is 11.9 Å². The summed E-state index contributed by atoms with van der Waals surface area (Å²) in [7, 11) is 3.73. The summed E-state index contributed by atoms with van der Waals surface area (Å²) in [6, 6.07) is 6.30. The van der Waals surface area contributed by atoms with Crippen molar-refractivity contribution >= 4 is 11.9 Å². The Morgan fingerprint density at radius 2 is 1.73 bits per heavy atom. The molecule has 2 aliphatic heterocycles. The highest BCUT2D eigenvalue weighted by atomic mass is 16.6. The number of hydrogen-bond acceptors (Lipinski definition) is 6. The number of ether oxygens (including phenoxy) is 3. The van der Waals surface area contributed by atoms with Gasteiger partial charge in [-0.15, -0.1) is 0 Å². The summed E-state index contributed by atoms with van der Waals surface area (Å²) in [5, 5.41) is 0. The van der Waals surface area contributed by atoms with Gasteiger partial charge in [-0.05, 0) is 68.8 Å². The summed E-state index contributed by atoms with van der Waals surface area (Å²) < 4.78 is 16.5. The first-order chi connectivity index (χ1) is 14.2. The van der Waals surface area contributed by atoms with Gasteiger partial charge in [0.25, 0.3) is 0 Å². The fourth-order valence-electron chi connectivity index (χ4n) is 6.72. The van der Waals surface area contributed by atoms with Crippen LogP contribution in [0.1, 0.15) is 51.7 Å². The topological polar surface area (TPSA) is 65.1 Å². The highest BCUT2D eigenvalue weighted by molar-refractivity contribution is 6.01. The van der Waals surface area contributed by atoms with Crippen LogP contribution in [-0.4, -0.2) is 56.3 Å². The smallest absolute Gasteiger partial charge is 0.325 e. The summed E-state index contributed by atoms with van der Waals surface area (Å²) in [4.78, 5) is 28.9. The molecule has 0 spiro atoms. The summed E-state index contributed by atoms with van der Waals surface area (Å²) in [6.45, 7) is 8.57. The summed E-state index contributed by atoms with van der Waals surface area (Å²) in [6.07, 6.45) is 2.01. The van der Waals surface area contributed by atoms with Crippen molar-refractivity contribution in [1.29, 1.82) is 0 Å². The number of benzene rings is 1. The number of rotatable bonds is 5. The third-order valence-corrected chi connectivity index (χ3v) is 8.40. The molecule has 4 atom stereocenters. The number of nitrogens with zero attached hydrogens (tertiary/aromatic N) is 1. The van der Waals surface area contributed by atoms with Crippen LogP contribution in [0.4, 0.5) is 0 Å². The molecule has 5 rings (SSSR count). The zero-order chi connectivity index (χ0) is 21.9. The van der Waals surface area contributed by atoms with Crippen LogP contribution in [0.25, 0.3) is 0 Å². The van der Waals surface area contributed by atoms with E-state index in [0.717, 1.165) is 12.2 Å². The van der Waals surface area contributed by atoms with Gasteiger partial charge in [0.1, 0.15) is 5.75 Å². The van der Waals surface area contributed by atoms with E-state index in [-0.39, 0.29) is 36.1 Å². The van der Waals surface area contributed by atoms with Crippen LogP contribution < -0.4 is 4.74 Å². The molecule has 30 heavy (non-hydrogen) atoms. The third kappa shape index (κ3) is 2.46. The number of methoxy groups -OCH3 is 1. The van der Waals surface area contributed by atoms with E-state index in [9.17, 15) is 9.59 Å². The SMILES string of the molecule is CCOC(=O)C1(C(=O)OCC)C[C@]2(C)C3Cc4ccc(OC)cc4[C@]2(C)CC1N3C. The van der Waals surface area contributed by atoms with E-state index in [4.69, 9.17) is 14.2 Å². The van der Waals surface area contributed by atoms with E-state index >= 15 is 0 Å². The molecule has 6 heteroatoms. The van der Waals surface area contributed by atoms with Crippen molar-refractivity contribution in [3.05, 3.63) is 29.3 Å². The zero-order valence-corrected chi connectivity index (χ0v) is 18.9. The van der Waals surface area contributed by atoms with Crippen LogP contribution >= 0.6 is 0 Å². The Hall–Kier alpha value is -2.08. The maximum Gasteiger partial charge on any atom is 0.325 e. The molecule has 0 amide bonds. The molecule has 4 bridgehead atoms. The minimum atomic E-state index is -1.29. The average molecular weight is 416 g/mol.